The summed E-state index contributed by atoms with van der Waals surface area (Å²) in [6, 6.07) is 5.57. The Labute approximate surface area is 120 Å². The second-order valence-electron chi connectivity index (χ2n) is 5.33. The van der Waals surface area contributed by atoms with Crippen molar-refractivity contribution < 1.29 is 18.3 Å². The van der Waals surface area contributed by atoms with Gasteiger partial charge in [-0.15, -0.1) is 0 Å². The molecule has 0 saturated heterocycles. The minimum absolute atomic E-state index is 0.145. The van der Waals surface area contributed by atoms with Crippen molar-refractivity contribution in [1.29, 1.82) is 0 Å². The van der Waals surface area contributed by atoms with E-state index in [1.807, 2.05) is 4.57 Å². The third-order valence-corrected chi connectivity index (χ3v) is 3.71. The Balaban J connectivity index is 1.88. The van der Waals surface area contributed by atoms with Crippen molar-refractivity contribution in [1.82, 2.24) is 9.55 Å². The molecule has 3 nitrogen and oxygen atoms in total. The molecular weight excluding hydrogens is 281 g/mol. The number of hydrogen-bond acceptors (Lipinski definition) is 2. The molecule has 3 rings (SSSR count). The number of alkyl halides is 3. The summed E-state index contributed by atoms with van der Waals surface area (Å²) in [7, 11) is 0. The van der Waals surface area contributed by atoms with Crippen LogP contribution in [-0.2, 0) is 25.6 Å². The number of fused-ring (bicyclic) bond motifs is 1. The van der Waals surface area contributed by atoms with Crippen LogP contribution < -0.4 is 0 Å². The van der Waals surface area contributed by atoms with Crippen molar-refractivity contribution in [2.24, 2.45) is 0 Å². The Bertz CT molecular complexity index is 649. The first kappa shape index (κ1) is 14.1. The second kappa shape index (κ2) is 5.18. The zero-order valence-corrected chi connectivity index (χ0v) is 11.3. The zero-order chi connectivity index (χ0) is 15.0. The monoisotopic (exact) mass is 296 g/mol. The van der Waals surface area contributed by atoms with Crippen molar-refractivity contribution >= 4 is 0 Å². The van der Waals surface area contributed by atoms with E-state index >= 15 is 0 Å². The average Bonchev–Trinajstić information content (AvgIpc) is 2.79. The standard InChI is InChI=1S/C15H15F3N2O/c16-15(17,18)13-4-2-1-3-10(13)7-11-8-20-9-12(21)5-6-14(20)19-11/h1-4,8,12,21H,5-7,9H2. The van der Waals surface area contributed by atoms with Gasteiger partial charge in [0.15, 0.2) is 0 Å². The highest BCUT2D eigenvalue weighted by molar-refractivity contribution is 5.33. The van der Waals surface area contributed by atoms with E-state index < -0.39 is 17.8 Å². The maximum absolute atomic E-state index is 13.0. The largest absolute Gasteiger partial charge is 0.416 e. The quantitative estimate of drug-likeness (QED) is 0.925. The molecule has 0 spiro atoms. The van der Waals surface area contributed by atoms with Crippen LogP contribution in [0.25, 0.3) is 0 Å². The molecule has 1 atom stereocenters. The van der Waals surface area contributed by atoms with Gasteiger partial charge in [0.05, 0.1) is 17.4 Å². The lowest BCUT2D eigenvalue weighted by Crippen LogP contribution is -2.23. The summed E-state index contributed by atoms with van der Waals surface area (Å²) >= 11 is 0. The van der Waals surface area contributed by atoms with Gasteiger partial charge in [-0.3, -0.25) is 0 Å². The van der Waals surface area contributed by atoms with Crippen LogP contribution in [0.3, 0.4) is 0 Å². The first-order chi connectivity index (χ1) is 9.93. The molecule has 1 unspecified atom stereocenters. The Kier molecular flexibility index (Phi) is 3.49. The molecule has 2 heterocycles. The highest BCUT2D eigenvalue weighted by Gasteiger charge is 2.33. The minimum Gasteiger partial charge on any atom is -0.391 e. The van der Waals surface area contributed by atoms with Crippen LogP contribution in [0.2, 0.25) is 0 Å². The molecule has 2 aromatic rings. The summed E-state index contributed by atoms with van der Waals surface area (Å²) in [4.78, 5) is 4.39. The lowest BCUT2D eigenvalue weighted by Gasteiger charge is -2.18. The van der Waals surface area contributed by atoms with Gasteiger partial charge in [0, 0.05) is 25.6 Å². The molecular formula is C15H15F3N2O. The predicted octanol–water partition coefficient (Wildman–Crippen LogP) is 2.80. The summed E-state index contributed by atoms with van der Waals surface area (Å²) in [6.07, 6.45) is -1.57. The smallest absolute Gasteiger partial charge is 0.391 e. The highest BCUT2D eigenvalue weighted by atomic mass is 19.4. The number of hydrogen-bond donors (Lipinski definition) is 1. The van der Waals surface area contributed by atoms with Gasteiger partial charge in [-0.25, -0.2) is 4.98 Å². The van der Waals surface area contributed by atoms with Crippen LogP contribution in [0, 0.1) is 0 Å². The molecule has 1 aliphatic rings. The average molecular weight is 296 g/mol. The lowest BCUT2D eigenvalue weighted by molar-refractivity contribution is -0.138. The predicted molar refractivity (Wildman–Crippen MR) is 70.8 cm³/mol. The van der Waals surface area contributed by atoms with Crippen LogP contribution >= 0.6 is 0 Å². The third-order valence-electron chi connectivity index (χ3n) is 3.71. The summed E-state index contributed by atoms with van der Waals surface area (Å²) in [6.45, 7) is 0.462. The minimum atomic E-state index is -4.36. The summed E-state index contributed by atoms with van der Waals surface area (Å²) in [5.41, 5.74) is 0.216. The van der Waals surface area contributed by atoms with Crippen molar-refractivity contribution in [3.05, 3.63) is 53.1 Å². The van der Waals surface area contributed by atoms with Crippen molar-refractivity contribution in [2.45, 2.75) is 38.1 Å². The topological polar surface area (TPSA) is 38.1 Å². The molecule has 6 heteroatoms. The lowest BCUT2D eigenvalue weighted by atomic mass is 10.0. The summed E-state index contributed by atoms with van der Waals surface area (Å²) in [5.74, 6) is 0.833. The van der Waals surface area contributed by atoms with E-state index in [-0.39, 0.29) is 12.0 Å². The van der Waals surface area contributed by atoms with Gasteiger partial charge >= 0.3 is 6.18 Å². The van der Waals surface area contributed by atoms with Crippen LogP contribution in [0.15, 0.2) is 30.5 Å². The molecule has 1 aliphatic heterocycles. The fourth-order valence-corrected chi connectivity index (χ4v) is 2.72. The molecule has 21 heavy (non-hydrogen) atoms. The number of imidazole rings is 1. The zero-order valence-electron chi connectivity index (χ0n) is 11.3. The van der Waals surface area contributed by atoms with Gasteiger partial charge in [0.1, 0.15) is 5.82 Å². The van der Waals surface area contributed by atoms with Crippen LogP contribution in [0.1, 0.15) is 29.1 Å². The van der Waals surface area contributed by atoms with Crippen LogP contribution in [0.4, 0.5) is 13.2 Å². The molecule has 0 fully saturated rings. The SMILES string of the molecule is OC1CCc2nc(Cc3ccccc3C(F)(F)F)cn2C1. The van der Waals surface area contributed by atoms with Gasteiger partial charge in [-0.2, -0.15) is 13.2 Å². The summed E-state index contributed by atoms with van der Waals surface area (Å²) in [5, 5.41) is 9.61. The van der Waals surface area contributed by atoms with Crippen LogP contribution in [-0.4, -0.2) is 20.8 Å². The number of aromatic nitrogens is 2. The Morgan fingerprint density at radius 2 is 2.05 bits per heavy atom. The Hall–Kier alpha value is -1.82. The molecule has 1 aromatic carbocycles. The fourth-order valence-electron chi connectivity index (χ4n) is 2.72. The van der Waals surface area contributed by atoms with Gasteiger partial charge in [0.25, 0.3) is 0 Å². The number of rotatable bonds is 2. The van der Waals surface area contributed by atoms with E-state index in [0.717, 1.165) is 11.9 Å². The number of halogens is 3. The molecule has 0 amide bonds. The molecule has 112 valence electrons. The number of aliphatic hydroxyl groups is 1. The van der Waals surface area contributed by atoms with E-state index in [9.17, 15) is 18.3 Å². The molecule has 1 N–H and O–H groups in total. The van der Waals surface area contributed by atoms with Gasteiger partial charge in [0.2, 0.25) is 0 Å². The maximum Gasteiger partial charge on any atom is 0.416 e. The van der Waals surface area contributed by atoms with Crippen molar-refractivity contribution in [2.75, 3.05) is 0 Å². The molecule has 0 saturated carbocycles. The van der Waals surface area contributed by atoms with Crippen molar-refractivity contribution in [3.8, 4) is 0 Å². The van der Waals surface area contributed by atoms with E-state index in [4.69, 9.17) is 0 Å². The van der Waals surface area contributed by atoms with Gasteiger partial charge in [-0.1, -0.05) is 18.2 Å². The number of nitrogens with zero attached hydrogens (tertiary/aromatic N) is 2. The Morgan fingerprint density at radius 3 is 2.81 bits per heavy atom. The fraction of sp³-hybridized carbons (Fsp3) is 0.400. The van der Waals surface area contributed by atoms with E-state index in [2.05, 4.69) is 4.98 Å². The summed E-state index contributed by atoms with van der Waals surface area (Å²) < 4.78 is 40.7. The van der Waals surface area contributed by atoms with Crippen molar-refractivity contribution in [3.63, 3.8) is 0 Å². The van der Waals surface area contributed by atoms with Gasteiger partial charge < -0.3 is 9.67 Å². The van der Waals surface area contributed by atoms with Gasteiger partial charge in [-0.05, 0) is 18.1 Å². The normalized spacial score (nSPS) is 18.6. The van der Waals surface area contributed by atoms with E-state index in [0.29, 0.717) is 25.1 Å². The highest BCUT2D eigenvalue weighted by Crippen LogP contribution is 2.32. The number of aliphatic hydroxyl groups excluding tert-OH is 1. The van der Waals surface area contributed by atoms with Crippen LogP contribution in [0.5, 0.6) is 0 Å². The molecule has 0 aliphatic carbocycles. The number of aryl methyl sites for hydroxylation is 1. The second-order valence-corrected chi connectivity index (χ2v) is 5.33. The number of benzene rings is 1. The first-order valence-corrected chi connectivity index (χ1v) is 6.81. The van der Waals surface area contributed by atoms with E-state index in [1.165, 1.54) is 12.1 Å². The van der Waals surface area contributed by atoms with E-state index in [1.54, 1.807) is 12.3 Å². The third kappa shape index (κ3) is 2.95. The maximum atomic E-state index is 13.0. The Morgan fingerprint density at radius 1 is 1.29 bits per heavy atom. The molecule has 0 bridgehead atoms. The molecule has 0 radical (unpaired) electrons. The first-order valence-electron chi connectivity index (χ1n) is 6.81. The molecule has 1 aromatic heterocycles.